The molecule has 144 valence electrons. The third-order valence-corrected chi connectivity index (χ3v) is 5.81. The van der Waals surface area contributed by atoms with Crippen LogP contribution in [-0.4, -0.2) is 51.6 Å². The third-order valence-electron chi connectivity index (χ3n) is 4.32. The number of morpholine rings is 1. The first-order chi connectivity index (χ1) is 13.0. The molecule has 1 saturated heterocycles. The number of amides is 1. The smallest absolute Gasteiger partial charge is 0.241 e. The summed E-state index contributed by atoms with van der Waals surface area (Å²) in [6.07, 6.45) is 0.220. The maximum atomic E-state index is 13.1. The van der Waals surface area contributed by atoms with E-state index in [1.54, 1.807) is 4.90 Å². The summed E-state index contributed by atoms with van der Waals surface area (Å²) >= 11 is 0. The van der Waals surface area contributed by atoms with Crippen molar-refractivity contribution >= 4 is 15.9 Å². The maximum absolute atomic E-state index is 13.1. The van der Waals surface area contributed by atoms with Crippen LogP contribution in [0.2, 0.25) is 0 Å². The summed E-state index contributed by atoms with van der Waals surface area (Å²) in [6.45, 7) is 1.69. The van der Waals surface area contributed by atoms with Gasteiger partial charge in [0, 0.05) is 13.1 Å². The van der Waals surface area contributed by atoms with Crippen LogP contribution in [0.1, 0.15) is 5.56 Å². The van der Waals surface area contributed by atoms with Crippen LogP contribution in [0.25, 0.3) is 0 Å². The molecule has 27 heavy (non-hydrogen) atoms. The summed E-state index contributed by atoms with van der Waals surface area (Å²) in [6, 6.07) is 12.7. The lowest BCUT2D eigenvalue weighted by molar-refractivity contribution is -0.137. The largest absolute Gasteiger partial charge is 0.378 e. The fraction of sp³-hybridized carbons (Fsp3) is 0.316. The van der Waals surface area contributed by atoms with Crippen LogP contribution in [0, 0.1) is 5.82 Å². The van der Waals surface area contributed by atoms with Gasteiger partial charge in [0.05, 0.1) is 18.1 Å². The molecular weight excluding hydrogens is 371 g/mol. The summed E-state index contributed by atoms with van der Waals surface area (Å²) in [5.74, 6) is -0.827. The van der Waals surface area contributed by atoms with Crippen molar-refractivity contribution in [2.24, 2.45) is 0 Å². The minimum Gasteiger partial charge on any atom is -0.378 e. The van der Waals surface area contributed by atoms with Gasteiger partial charge in [0.25, 0.3) is 0 Å². The average Bonchev–Trinajstić information content (AvgIpc) is 2.68. The van der Waals surface area contributed by atoms with Crippen molar-refractivity contribution in [3.05, 3.63) is 66.0 Å². The molecule has 0 aromatic heterocycles. The Bertz CT molecular complexity index is 866. The molecule has 0 bridgehead atoms. The van der Waals surface area contributed by atoms with Gasteiger partial charge in [-0.15, -0.1) is 0 Å². The molecule has 0 radical (unpaired) electrons. The Balaban J connectivity index is 1.84. The quantitative estimate of drug-likeness (QED) is 0.810. The number of nitrogens with one attached hydrogen (secondary N) is 1. The molecule has 1 heterocycles. The van der Waals surface area contributed by atoms with Crippen molar-refractivity contribution in [3.63, 3.8) is 0 Å². The van der Waals surface area contributed by atoms with Gasteiger partial charge in [-0.3, -0.25) is 4.79 Å². The lowest BCUT2D eigenvalue weighted by Gasteiger charge is -2.30. The molecule has 1 amide bonds. The van der Waals surface area contributed by atoms with E-state index in [1.165, 1.54) is 12.1 Å². The monoisotopic (exact) mass is 392 g/mol. The second kappa shape index (κ2) is 8.60. The van der Waals surface area contributed by atoms with Crippen molar-refractivity contribution in [3.8, 4) is 0 Å². The number of carbonyl (C=O) groups excluding carboxylic acids is 1. The molecule has 6 nitrogen and oxygen atoms in total. The van der Waals surface area contributed by atoms with Gasteiger partial charge in [-0.25, -0.2) is 12.8 Å². The van der Waals surface area contributed by atoms with E-state index in [1.807, 2.05) is 30.3 Å². The summed E-state index contributed by atoms with van der Waals surface area (Å²) in [7, 11) is -3.98. The molecule has 1 aliphatic rings. The average molecular weight is 392 g/mol. The molecule has 8 heteroatoms. The molecule has 1 aliphatic heterocycles. The normalized spacial score (nSPS) is 16.1. The van der Waals surface area contributed by atoms with Gasteiger partial charge in [-0.05, 0) is 36.2 Å². The lowest BCUT2D eigenvalue weighted by Crippen LogP contribution is -2.52. The minimum absolute atomic E-state index is 0.0864. The molecule has 0 saturated carbocycles. The van der Waals surface area contributed by atoms with Crippen LogP contribution >= 0.6 is 0 Å². The first kappa shape index (κ1) is 19.5. The summed E-state index contributed by atoms with van der Waals surface area (Å²) in [5, 5.41) is 0. The number of benzene rings is 2. The van der Waals surface area contributed by atoms with Crippen molar-refractivity contribution in [2.75, 3.05) is 26.3 Å². The van der Waals surface area contributed by atoms with Crippen molar-refractivity contribution in [2.45, 2.75) is 17.4 Å². The van der Waals surface area contributed by atoms with Crippen molar-refractivity contribution in [1.29, 1.82) is 0 Å². The van der Waals surface area contributed by atoms with Crippen LogP contribution in [0.15, 0.2) is 59.5 Å². The van der Waals surface area contributed by atoms with Crippen LogP contribution in [0.5, 0.6) is 0 Å². The van der Waals surface area contributed by atoms with Crippen molar-refractivity contribution in [1.82, 2.24) is 9.62 Å². The minimum atomic E-state index is -3.98. The van der Waals surface area contributed by atoms with Crippen LogP contribution in [-0.2, 0) is 26.0 Å². The highest BCUT2D eigenvalue weighted by atomic mass is 32.2. The van der Waals surface area contributed by atoms with Gasteiger partial charge < -0.3 is 9.64 Å². The predicted molar refractivity (Wildman–Crippen MR) is 98.1 cm³/mol. The van der Waals surface area contributed by atoms with E-state index < -0.39 is 21.9 Å². The first-order valence-electron chi connectivity index (χ1n) is 8.64. The van der Waals surface area contributed by atoms with E-state index in [0.717, 1.165) is 17.7 Å². The predicted octanol–water partition coefficient (Wildman–Crippen LogP) is 1.57. The van der Waals surface area contributed by atoms with E-state index in [4.69, 9.17) is 4.74 Å². The zero-order valence-electron chi connectivity index (χ0n) is 14.7. The fourth-order valence-electron chi connectivity index (χ4n) is 2.90. The summed E-state index contributed by atoms with van der Waals surface area (Å²) in [4.78, 5) is 14.5. The molecule has 0 aliphatic carbocycles. The second-order valence-electron chi connectivity index (χ2n) is 6.26. The van der Waals surface area contributed by atoms with Gasteiger partial charge >= 0.3 is 0 Å². The molecule has 0 unspecified atom stereocenters. The van der Waals surface area contributed by atoms with E-state index in [0.29, 0.717) is 26.3 Å². The van der Waals surface area contributed by atoms with Gasteiger partial charge in [-0.1, -0.05) is 30.3 Å². The van der Waals surface area contributed by atoms with Crippen molar-refractivity contribution < 1.29 is 22.3 Å². The number of carbonyl (C=O) groups is 1. The fourth-order valence-corrected chi connectivity index (χ4v) is 4.09. The standard InChI is InChI=1S/C19H21FN2O4S/c20-16-6-8-17(9-7-16)27(24,25)21-18(14-15-4-2-1-3-5-15)19(23)22-10-12-26-13-11-22/h1-9,18,21H,10-14H2/t18-/m1/s1. The van der Waals surface area contributed by atoms with E-state index in [-0.39, 0.29) is 17.2 Å². The molecule has 1 N–H and O–H groups in total. The Labute approximate surface area is 158 Å². The SMILES string of the molecule is O=C([C@@H](Cc1ccccc1)NS(=O)(=O)c1ccc(F)cc1)N1CCOCC1. The van der Waals surface area contributed by atoms with E-state index in [9.17, 15) is 17.6 Å². The number of halogens is 1. The van der Waals surface area contributed by atoms with Gasteiger partial charge in [0.2, 0.25) is 15.9 Å². The number of sulfonamides is 1. The molecule has 1 fully saturated rings. The molecular formula is C19H21FN2O4S. The van der Waals surface area contributed by atoms with Crippen LogP contribution < -0.4 is 4.72 Å². The van der Waals surface area contributed by atoms with Crippen LogP contribution in [0.3, 0.4) is 0 Å². The Hall–Kier alpha value is -2.29. The summed E-state index contributed by atoms with van der Waals surface area (Å²) < 4.78 is 46.3. The Morgan fingerprint density at radius 1 is 1.07 bits per heavy atom. The number of hydrogen-bond donors (Lipinski definition) is 1. The van der Waals surface area contributed by atoms with E-state index >= 15 is 0 Å². The highest BCUT2D eigenvalue weighted by molar-refractivity contribution is 7.89. The first-order valence-corrected chi connectivity index (χ1v) is 10.1. The molecule has 2 aromatic carbocycles. The maximum Gasteiger partial charge on any atom is 0.241 e. The molecule has 0 spiro atoms. The number of rotatable bonds is 6. The summed E-state index contributed by atoms with van der Waals surface area (Å²) in [5.41, 5.74) is 0.839. The van der Waals surface area contributed by atoms with Crippen LogP contribution in [0.4, 0.5) is 4.39 Å². The number of ether oxygens (including phenoxy) is 1. The highest BCUT2D eigenvalue weighted by Gasteiger charge is 2.30. The topological polar surface area (TPSA) is 75.7 Å². The van der Waals surface area contributed by atoms with Gasteiger partial charge in [0.15, 0.2) is 0 Å². The highest BCUT2D eigenvalue weighted by Crippen LogP contribution is 2.14. The molecule has 2 aromatic rings. The number of nitrogens with zero attached hydrogens (tertiary/aromatic N) is 1. The second-order valence-corrected chi connectivity index (χ2v) is 7.97. The molecule has 3 rings (SSSR count). The zero-order chi connectivity index (χ0) is 19.3. The Morgan fingerprint density at radius 3 is 2.33 bits per heavy atom. The third kappa shape index (κ3) is 5.12. The zero-order valence-corrected chi connectivity index (χ0v) is 15.5. The van der Waals surface area contributed by atoms with Gasteiger partial charge in [-0.2, -0.15) is 4.72 Å². The van der Waals surface area contributed by atoms with E-state index in [2.05, 4.69) is 4.72 Å². The lowest BCUT2D eigenvalue weighted by atomic mass is 10.1. The Kier molecular flexibility index (Phi) is 6.20. The Morgan fingerprint density at radius 2 is 1.70 bits per heavy atom. The number of hydrogen-bond acceptors (Lipinski definition) is 4. The molecule has 1 atom stereocenters. The van der Waals surface area contributed by atoms with Gasteiger partial charge in [0.1, 0.15) is 11.9 Å².